The Morgan fingerprint density at radius 3 is 2.94 bits per heavy atom. The highest BCUT2D eigenvalue weighted by Gasteiger charge is 2.08. The first-order valence-electron chi connectivity index (χ1n) is 5.17. The summed E-state index contributed by atoms with van der Waals surface area (Å²) in [5, 5.41) is 1.54. The molecule has 0 aliphatic carbocycles. The Kier molecular flexibility index (Phi) is 3.27. The van der Waals surface area contributed by atoms with E-state index in [2.05, 4.69) is 4.98 Å². The summed E-state index contributed by atoms with van der Waals surface area (Å²) >= 11 is 6.10. The van der Waals surface area contributed by atoms with Crippen molar-refractivity contribution < 1.29 is 4.74 Å². The number of fused-ring (bicyclic) bond motifs is 1. The van der Waals surface area contributed by atoms with Gasteiger partial charge in [-0.05, 0) is 19.1 Å². The first kappa shape index (κ1) is 11.2. The molecule has 0 fully saturated rings. The van der Waals surface area contributed by atoms with E-state index in [0.717, 1.165) is 22.3 Å². The molecule has 0 saturated heterocycles. The highest BCUT2D eigenvalue weighted by molar-refractivity contribution is 6.35. The molecule has 1 aromatic carbocycles. The second-order valence-electron chi connectivity index (χ2n) is 3.38. The number of aromatic nitrogens is 1. The molecule has 0 bridgehead atoms. The number of ether oxygens (including phenoxy) is 1. The third-order valence-corrected chi connectivity index (χ3v) is 2.62. The Bertz CT molecular complexity index is 514. The van der Waals surface area contributed by atoms with E-state index in [0.29, 0.717) is 18.2 Å². The van der Waals surface area contributed by atoms with Crippen molar-refractivity contribution in [2.24, 2.45) is 5.73 Å². The lowest BCUT2D eigenvalue weighted by atomic mass is 10.2. The van der Waals surface area contributed by atoms with Crippen molar-refractivity contribution in [1.82, 2.24) is 4.98 Å². The van der Waals surface area contributed by atoms with Crippen LogP contribution >= 0.6 is 11.6 Å². The zero-order valence-corrected chi connectivity index (χ0v) is 9.79. The predicted molar refractivity (Wildman–Crippen MR) is 65.8 cm³/mol. The second kappa shape index (κ2) is 4.68. The number of pyridine rings is 1. The van der Waals surface area contributed by atoms with Crippen LogP contribution in [0.5, 0.6) is 5.75 Å². The molecule has 2 aromatic rings. The molecule has 0 spiro atoms. The lowest BCUT2D eigenvalue weighted by Gasteiger charge is -2.09. The highest BCUT2D eigenvalue weighted by atomic mass is 35.5. The van der Waals surface area contributed by atoms with Crippen LogP contribution in [0.25, 0.3) is 10.9 Å². The van der Waals surface area contributed by atoms with Gasteiger partial charge in [0.05, 0.1) is 22.8 Å². The number of benzene rings is 1. The third kappa shape index (κ3) is 1.96. The van der Waals surface area contributed by atoms with E-state index < -0.39 is 0 Å². The molecule has 0 aliphatic rings. The summed E-state index contributed by atoms with van der Waals surface area (Å²) in [5.41, 5.74) is 7.12. The Morgan fingerprint density at radius 1 is 1.44 bits per heavy atom. The Hall–Kier alpha value is -1.32. The van der Waals surface area contributed by atoms with Crippen molar-refractivity contribution >= 4 is 22.5 Å². The van der Waals surface area contributed by atoms with Crippen LogP contribution in [0.2, 0.25) is 5.02 Å². The standard InChI is InChI=1S/C12H13ClN2O/c1-2-16-11-6-8(7-14)15-12-9(11)4-3-5-10(12)13/h3-6H,2,7,14H2,1H3. The van der Waals surface area contributed by atoms with E-state index in [-0.39, 0.29) is 0 Å². The molecule has 1 heterocycles. The molecule has 2 rings (SSSR count). The largest absolute Gasteiger partial charge is 0.493 e. The number of halogens is 1. The maximum atomic E-state index is 6.10. The average molecular weight is 237 g/mol. The molecule has 0 unspecified atom stereocenters. The van der Waals surface area contributed by atoms with Crippen molar-refractivity contribution in [2.45, 2.75) is 13.5 Å². The Morgan fingerprint density at radius 2 is 2.25 bits per heavy atom. The summed E-state index contributed by atoms with van der Waals surface area (Å²) in [6.45, 7) is 2.93. The summed E-state index contributed by atoms with van der Waals surface area (Å²) in [6, 6.07) is 7.51. The third-order valence-electron chi connectivity index (χ3n) is 2.31. The SMILES string of the molecule is CCOc1cc(CN)nc2c(Cl)cccc12. The van der Waals surface area contributed by atoms with Crippen LogP contribution in [0, 0.1) is 0 Å². The van der Waals surface area contributed by atoms with Gasteiger partial charge in [-0.25, -0.2) is 4.98 Å². The minimum Gasteiger partial charge on any atom is -0.493 e. The van der Waals surface area contributed by atoms with Gasteiger partial charge < -0.3 is 10.5 Å². The molecule has 0 atom stereocenters. The van der Waals surface area contributed by atoms with Gasteiger partial charge in [0.25, 0.3) is 0 Å². The van der Waals surface area contributed by atoms with Gasteiger partial charge in [0, 0.05) is 18.0 Å². The van der Waals surface area contributed by atoms with Crippen LogP contribution in [0.1, 0.15) is 12.6 Å². The fraction of sp³-hybridized carbons (Fsp3) is 0.250. The van der Waals surface area contributed by atoms with Crippen LogP contribution in [0.3, 0.4) is 0 Å². The highest BCUT2D eigenvalue weighted by Crippen LogP contribution is 2.29. The van der Waals surface area contributed by atoms with Crippen LogP contribution in [-0.2, 0) is 6.54 Å². The summed E-state index contributed by atoms with van der Waals surface area (Å²) in [6.07, 6.45) is 0. The molecule has 0 amide bonds. The smallest absolute Gasteiger partial charge is 0.130 e. The van der Waals surface area contributed by atoms with Gasteiger partial charge in [-0.1, -0.05) is 17.7 Å². The minimum atomic E-state index is 0.376. The molecule has 0 saturated carbocycles. The monoisotopic (exact) mass is 236 g/mol. The zero-order valence-electron chi connectivity index (χ0n) is 9.03. The molecular formula is C12H13ClN2O. The lowest BCUT2D eigenvalue weighted by Crippen LogP contribution is -2.02. The quantitative estimate of drug-likeness (QED) is 0.892. The van der Waals surface area contributed by atoms with Crippen molar-refractivity contribution in [2.75, 3.05) is 6.61 Å². The number of para-hydroxylation sites is 1. The predicted octanol–water partition coefficient (Wildman–Crippen LogP) is 2.75. The molecule has 3 nitrogen and oxygen atoms in total. The number of rotatable bonds is 3. The summed E-state index contributed by atoms with van der Waals surface area (Å²) in [4.78, 5) is 4.40. The number of nitrogens with two attached hydrogens (primary N) is 1. The Labute approximate surface area is 99.2 Å². The van der Waals surface area contributed by atoms with Crippen molar-refractivity contribution in [3.63, 3.8) is 0 Å². The number of hydrogen-bond donors (Lipinski definition) is 1. The van der Waals surface area contributed by atoms with Crippen LogP contribution in [0.15, 0.2) is 24.3 Å². The molecule has 1 aromatic heterocycles. The van der Waals surface area contributed by atoms with Gasteiger partial charge in [0.1, 0.15) is 5.75 Å². The molecule has 0 aliphatic heterocycles. The normalized spacial score (nSPS) is 10.7. The topological polar surface area (TPSA) is 48.1 Å². The number of hydrogen-bond acceptors (Lipinski definition) is 3. The van der Waals surface area contributed by atoms with Gasteiger partial charge in [-0.2, -0.15) is 0 Å². The van der Waals surface area contributed by atoms with E-state index in [1.807, 2.05) is 31.2 Å². The van der Waals surface area contributed by atoms with Gasteiger partial charge >= 0.3 is 0 Å². The van der Waals surface area contributed by atoms with Crippen LogP contribution in [0.4, 0.5) is 0 Å². The lowest BCUT2D eigenvalue weighted by molar-refractivity contribution is 0.343. The van der Waals surface area contributed by atoms with Gasteiger partial charge in [0.15, 0.2) is 0 Å². The number of nitrogens with zero attached hydrogens (tertiary/aromatic N) is 1. The van der Waals surface area contributed by atoms with Crippen molar-refractivity contribution in [1.29, 1.82) is 0 Å². The van der Waals surface area contributed by atoms with E-state index in [1.54, 1.807) is 0 Å². The van der Waals surface area contributed by atoms with E-state index >= 15 is 0 Å². The minimum absolute atomic E-state index is 0.376. The van der Waals surface area contributed by atoms with E-state index in [1.165, 1.54) is 0 Å². The molecular weight excluding hydrogens is 224 g/mol. The average Bonchev–Trinajstić information content (AvgIpc) is 2.30. The van der Waals surface area contributed by atoms with E-state index in [9.17, 15) is 0 Å². The Balaban J connectivity index is 2.71. The second-order valence-corrected chi connectivity index (χ2v) is 3.79. The van der Waals surface area contributed by atoms with E-state index in [4.69, 9.17) is 22.1 Å². The molecule has 0 radical (unpaired) electrons. The van der Waals surface area contributed by atoms with Gasteiger partial charge in [0.2, 0.25) is 0 Å². The molecule has 4 heteroatoms. The van der Waals surface area contributed by atoms with Gasteiger partial charge in [-0.3, -0.25) is 0 Å². The van der Waals surface area contributed by atoms with Gasteiger partial charge in [-0.15, -0.1) is 0 Å². The molecule has 84 valence electrons. The fourth-order valence-corrected chi connectivity index (χ4v) is 1.83. The van der Waals surface area contributed by atoms with Crippen molar-refractivity contribution in [3.05, 3.63) is 35.0 Å². The fourth-order valence-electron chi connectivity index (χ4n) is 1.61. The first-order valence-corrected chi connectivity index (χ1v) is 5.55. The van der Waals surface area contributed by atoms with Crippen molar-refractivity contribution in [3.8, 4) is 5.75 Å². The summed E-state index contributed by atoms with van der Waals surface area (Å²) in [7, 11) is 0. The van der Waals surface area contributed by atoms with Crippen LogP contribution < -0.4 is 10.5 Å². The maximum absolute atomic E-state index is 6.10. The molecule has 16 heavy (non-hydrogen) atoms. The zero-order chi connectivity index (χ0) is 11.5. The molecule has 2 N–H and O–H groups in total. The summed E-state index contributed by atoms with van der Waals surface area (Å²) < 4.78 is 5.56. The van der Waals surface area contributed by atoms with Crippen LogP contribution in [-0.4, -0.2) is 11.6 Å². The summed E-state index contributed by atoms with van der Waals surface area (Å²) in [5.74, 6) is 0.787. The maximum Gasteiger partial charge on any atom is 0.130 e. The first-order chi connectivity index (χ1) is 7.76.